The van der Waals surface area contributed by atoms with Crippen LogP contribution in [0.25, 0.3) is 0 Å². The van der Waals surface area contributed by atoms with E-state index in [9.17, 15) is 14.7 Å². The van der Waals surface area contributed by atoms with Crippen LogP contribution >= 0.6 is 0 Å². The monoisotopic (exact) mass is 249 g/mol. The topological polar surface area (TPSA) is 74.6 Å². The molecule has 0 aliphatic carbocycles. The number of nitrogens with zero attached hydrogens (tertiary/aromatic N) is 2. The number of pyridine rings is 1. The second kappa shape index (κ2) is 3.76. The number of carbonyl (C=O) groups is 1. The van der Waals surface area contributed by atoms with E-state index in [0.717, 1.165) is 19.3 Å². The molecule has 6 heteroatoms. The van der Waals surface area contributed by atoms with Crippen LogP contribution in [0.5, 0.6) is 5.75 Å². The van der Waals surface area contributed by atoms with E-state index < -0.39 is 11.2 Å². The van der Waals surface area contributed by atoms with Gasteiger partial charge >= 0.3 is 0 Å². The lowest BCUT2D eigenvalue weighted by Gasteiger charge is -2.45. The van der Waals surface area contributed by atoms with E-state index in [1.165, 1.54) is 16.9 Å². The van der Waals surface area contributed by atoms with Crippen molar-refractivity contribution in [2.24, 2.45) is 0 Å². The van der Waals surface area contributed by atoms with Gasteiger partial charge < -0.3 is 15.4 Å². The van der Waals surface area contributed by atoms with Gasteiger partial charge in [0, 0.05) is 18.3 Å². The maximum Gasteiger partial charge on any atom is 0.278 e. The van der Waals surface area contributed by atoms with Crippen LogP contribution in [0.4, 0.5) is 0 Å². The first-order valence-corrected chi connectivity index (χ1v) is 6.13. The average molecular weight is 249 g/mol. The highest BCUT2D eigenvalue weighted by atomic mass is 16.3. The largest absolute Gasteiger partial charge is 0.502 e. The summed E-state index contributed by atoms with van der Waals surface area (Å²) in [6.45, 7) is 1.99. The van der Waals surface area contributed by atoms with Crippen molar-refractivity contribution in [2.75, 3.05) is 5.43 Å². The summed E-state index contributed by atoms with van der Waals surface area (Å²) in [4.78, 5) is 25.5. The van der Waals surface area contributed by atoms with Gasteiger partial charge in [0.15, 0.2) is 11.4 Å². The highest BCUT2D eigenvalue weighted by Gasteiger charge is 2.39. The molecule has 0 bridgehead atoms. The summed E-state index contributed by atoms with van der Waals surface area (Å²) in [6.07, 6.45) is 4.32. The van der Waals surface area contributed by atoms with Crippen molar-refractivity contribution in [3.63, 3.8) is 0 Å². The SMILES string of the molecule is C[C@H]1CCC[C@H]2Nn3ccc(=O)c(O)c3C(=O)N12. The molecule has 3 rings (SSSR count). The van der Waals surface area contributed by atoms with E-state index in [1.807, 2.05) is 6.92 Å². The zero-order chi connectivity index (χ0) is 12.9. The van der Waals surface area contributed by atoms with E-state index in [1.54, 1.807) is 4.90 Å². The van der Waals surface area contributed by atoms with Gasteiger partial charge in [-0.05, 0) is 26.2 Å². The summed E-state index contributed by atoms with van der Waals surface area (Å²) < 4.78 is 1.46. The minimum atomic E-state index is -0.528. The maximum absolute atomic E-state index is 12.4. The minimum Gasteiger partial charge on any atom is -0.502 e. The van der Waals surface area contributed by atoms with Gasteiger partial charge in [0.05, 0.1) is 0 Å². The van der Waals surface area contributed by atoms with Gasteiger partial charge in [0.1, 0.15) is 6.17 Å². The first-order valence-electron chi connectivity index (χ1n) is 6.13. The smallest absolute Gasteiger partial charge is 0.278 e. The van der Waals surface area contributed by atoms with Gasteiger partial charge in [0.2, 0.25) is 5.43 Å². The van der Waals surface area contributed by atoms with Gasteiger partial charge in [-0.15, -0.1) is 0 Å². The fraction of sp³-hybridized carbons (Fsp3) is 0.500. The molecule has 0 radical (unpaired) electrons. The first kappa shape index (κ1) is 11.1. The van der Waals surface area contributed by atoms with Crippen molar-refractivity contribution in [1.82, 2.24) is 9.58 Å². The highest BCUT2D eigenvalue weighted by Crippen LogP contribution is 2.28. The van der Waals surface area contributed by atoms with Crippen molar-refractivity contribution < 1.29 is 9.90 Å². The molecule has 6 nitrogen and oxygen atoms in total. The molecule has 0 spiro atoms. The molecule has 2 N–H and O–H groups in total. The Morgan fingerprint density at radius 2 is 2.17 bits per heavy atom. The van der Waals surface area contributed by atoms with Gasteiger partial charge in [-0.25, -0.2) is 0 Å². The second-order valence-corrected chi connectivity index (χ2v) is 4.88. The summed E-state index contributed by atoms with van der Waals surface area (Å²) >= 11 is 0. The van der Waals surface area contributed by atoms with E-state index >= 15 is 0 Å². The van der Waals surface area contributed by atoms with E-state index in [-0.39, 0.29) is 23.8 Å². The number of aromatic nitrogens is 1. The standard InChI is InChI=1S/C12H15N3O3/c1-7-3-2-4-9-13-14-6-5-8(16)11(17)10(14)12(18)15(7)9/h5-7,9,13,17H,2-4H2,1H3/t7-,9-/m0/s1. The molecule has 96 valence electrons. The summed E-state index contributed by atoms with van der Waals surface area (Å²) in [7, 11) is 0. The van der Waals surface area contributed by atoms with Gasteiger partial charge in [-0.1, -0.05) is 0 Å². The fourth-order valence-electron chi connectivity index (χ4n) is 2.78. The Bertz CT molecular complexity index is 566. The van der Waals surface area contributed by atoms with Crippen LogP contribution < -0.4 is 10.9 Å². The zero-order valence-corrected chi connectivity index (χ0v) is 10.1. The number of nitrogens with one attached hydrogen (secondary N) is 1. The van der Waals surface area contributed by atoms with Crippen LogP contribution in [-0.2, 0) is 0 Å². The molecule has 2 aliphatic heterocycles. The van der Waals surface area contributed by atoms with Crippen LogP contribution in [0.15, 0.2) is 17.1 Å². The summed E-state index contributed by atoms with van der Waals surface area (Å²) in [6, 6.07) is 1.37. The molecule has 0 aromatic carbocycles. The molecule has 0 saturated carbocycles. The van der Waals surface area contributed by atoms with Crippen molar-refractivity contribution in [1.29, 1.82) is 0 Å². The molecule has 1 aromatic heterocycles. The number of hydrogen-bond acceptors (Lipinski definition) is 4. The van der Waals surface area contributed by atoms with Gasteiger partial charge in [-0.3, -0.25) is 14.3 Å². The van der Waals surface area contributed by atoms with E-state index in [4.69, 9.17) is 0 Å². The van der Waals surface area contributed by atoms with Gasteiger partial charge in [-0.2, -0.15) is 0 Å². The number of amides is 1. The van der Waals surface area contributed by atoms with Gasteiger partial charge in [0.25, 0.3) is 5.91 Å². The summed E-state index contributed by atoms with van der Waals surface area (Å²) in [5.74, 6) is -0.757. The molecule has 1 amide bonds. The molecule has 3 heterocycles. The Kier molecular flexibility index (Phi) is 2.33. The molecule has 2 aliphatic rings. The van der Waals surface area contributed by atoms with Crippen molar-refractivity contribution in [2.45, 2.75) is 38.4 Å². The molecule has 0 unspecified atom stereocenters. The van der Waals surface area contributed by atoms with E-state index in [0.29, 0.717) is 0 Å². The molecule has 1 fully saturated rings. The highest BCUT2D eigenvalue weighted by molar-refractivity contribution is 5.96. The Hall–Kier alpha value is -1.98. The zero-order valence-electron chi connectivity index (χ0n) is 10.1. The minimum absolute atomic E-state index is 0.0347. The number of aromatic hydroxyl groups is 1. The van der Waals surface area contributed by atoms with Crippen LogP contribution in [0.2, 0.25) is 0 Å². The lowest BCUT2D eigenvalue weighted by molar-refractivity contribution is 0.0436. The Labute approximate surface area is 104 Å². The van der Waals surface area contributed by atoms with Crippen LogP contribution in [-0.4, -0.2) is 32.8 Å². The number of fused-ring (bicyclic) bond motifs is 2. The number of rotatable bonds is 0. The van der Waals surface area contributed by atoms with Crippen LogP contribution in [0.1, 0.15) is 36.7 Å². The Balaban J connectivity index is 2.13. The average Bonchev–Trinajstić information content (AvgIpc) is 2.34. The quantitative estimate of drug-likeness (QED) is 0.700. The summed E-state index contributed by atoms with van der Waals surface area (Å²) in [5, 5.41) is 9.77. The van der Waals surface area contributed by atoms with Crippen molar-refractivity contribution in [3.8, 4) is 5.75 Å². The Morgan fingerprint density at radius 1 is 1.39 bits per heavy atom. The predicted octanol–water partition coefficient (Wildman–Crippen LogP) is 0.452. The molecular weight excluding hydrogens is 234 g/mol. The number of piperidine rings is 1. The molecule has 18 heavy (non-hydrogen) atoms. The third kappa shape index (κ3) is 1.41. The van der Waals surface area contributed by atoms with Crippen molar-refractivity contribution >= 4 is 5.91 Å². The van der Waals surface area contributed by atoms with Crippen LogP contribution in [0.3, 0.4) is 0 Å². The molecule has 2 atom stereocenters. The fourth-order valence-corrected chi connectivity index (χ4v) is 2.78. The molecular formula is C12H15N3O3. The predicted molar refractivity (Wildman–Crippen MR) is 65.0 cm³/mol. The first-order chi connectivity index (χ1) is 8.59. The van der Waals surface area contributed by atoms with Crippen LogP contribution in [0, 0.1) is 0 Å². The molecule has 1 saturated heterocycles. The van der Waals surface area contributed by atoms with Crippen molar-refractivity contribution in [3.05, 3.63) is 28.2 Å². The second-order valence-electron chi connectivity index (χ2n) is 4.88. The maximum atomic E-state index is 12.4. The molecule has 1 aromatic rings. The number of hydrogen-bond donors (Lipinski definition) is 2. The lowest BCUT2D eigenvalue weighted by atomic mass is 9.99. The third-order valence-corrected chi connectivity index (χ3v) is 3.71. The lowest BCUT2D eigenvalue weighted by Crippen LogP contribution is -2.58. The van der Waals surface area contributed by atoms with E-state index in [2.05, 4.69) is 5.43 Å². The number of carbonyl (C=O) groups excluding carboxylic acids is 1. The summed E-state index contributed by atoms with van der Waals surface area (Å²) in [5.41, 5.74) is 2.66. The third-order valence-electron chi connectivity index (χ3n) is 3.71. The normalized spacial score (nSPS) is 26.3. The Morgan fingerprint density at radius 3 is 2.94 bits per heavy atom.